The Bertz CT molecular complexity index is 564. The molecule has 2 heterocycles. The molecule has 0 unspecified atom stereocenters. The van der Waals surface area contributed by atoms with Gasteiger partial charge in [-0.15, -0.1) is 0 Å². The fourth-order valence-electron chi connectivity index (χ4n) is 1.70. The summed E-state index contributed by atoms with van der Waals surface area (Å²) in [5.74, 6) is 0.332. The molecule has 5 nitrogen and oxygen atoms in total. The van der Waals surface area contributed by atoms with Crippen LogP contribution >= 0.6 is 0 Å². The lowest BCUT2D eigenvalue weighted by atomic mass is 10.2. The Kier molecular flexibility index (Phi) is 3.10. The van der Waals surface area contributed by atoms with Crippen LogP contribution in [0.4, 0.5) is 11.5 Å². The van der Waals surface area contributed by atoms with Crippen molar-refractivity contribution in [3.05, 3.63) is 48.4 Å². The van der Waals surface area contributed by atoms with Gasteiger partial charge < -0.3 is 10.6 Å². The highest BCUT2D eigenvalue weighted by atomic mass is 16.1. The molecular formula is C14H14N4O. The van der Waals surface area contributed by atoms with Gasteiger partial charge in [0.25, 0.3) is 5.91 Å². The van der Waals surface area contributed by atoms with Crippen molar-refractivity contribution in [1.29, 1.82) is 0 Å². The van der Waals surface area contributed by atoms with Crippen LogP contribution in [-0.2, 0) is 0 Å². The molecule has 0 saturated heterocycles. The number of carbonyl (C=O) groups is 1. The van der Waals surface area contributed by atoms with E-state index in [1.807, 2.05) is 6.07 Å². The first-order valence-corrected chi connectivity index (χ1v) is 6.25. The number of rotatable bonds is 4. The third kappa shape index (κ3) is 3.07. The summed E-state index contributed by atoms with van der Waals surface area (Å²) in [5, 5.41) is 6.08. The molecule has 0 atom stereocenters. The monoisotopic (exact) mass is 254 g/mol. The lowest BCUT2D eigenvalue weighted by Gasteiger charge is -2.06. The van der Waals surface area contributed by atoms with Crippen molar-refractivity contribution in [1.82, 2.24) is 9.97 Å². The standard InChI is InChI=1S/C14H14N4O/c19-14(10-2-1-7-15-8-10)18-13-6-5-12(9-16-13)17-11-3-4-11/h1-2,5-9,11,17H,3-4H2,(H,16,18,19). The summed E-state index contributed by atoms with van der Waals surface area (Å²) in [5.41, 5.74) is 1.51. The van der Waals surface area contributed by atoms with Gasteiger partial charge in [0.05, 0.1) is 17.4 Å². The van der Waals surface area contributed by atoms with Crippen molar-refractivity contribution in [3.8, 4) is 0 Å². The van der Waals surface area contributed by atoms with E-state index in [1.54, 1.807) is 30.6 Å². The van der Waals surface area contributed by atoms with Crippen molar-refractivity contribution >= 4 is 17.4 Å². The van der Waals surface area contributed by atoms with E-state index in [1.165, 1.54) is 19.0 Å². The first-order valence-electron chi connectivity index (χ1n) is 6.25. The van der Waals surface area contributed by atoms with Crippen molar-refractivity contribution in [2.24, 2.45) is 0 Å². The second-order valence-electron chi connectivity index (χ2n) is 4.55. The van der Waals surface area contributed by atoms with Gasteiger partial charge in [-0.05, 0) is 37.1 Å². The highest BCUT2D eigenvalue weighted by Crippen LogP contribution is 2.24. The molecule has 19 heavy (non-hydrogen) atoms. The van der Waals surface area contributed by atoms with Gasteiger partial charge in [-0.3, -0.25) is 9.78 Å². The molecule has 96 valence electrons. The smallest absolute Gasteiger partial charge is 0.258 e. The van der Waals surface area contributed by atoms with E-state index in [4.69, 9.17) is 0 Å². The maximum absolute atomic E-state index is 11.9. The van der Waals surface area contributed by atoms with Gasteiger partial charge in [0, 0.05) is 18.4 Å². The number of pyridine rings is 2. The zero-order valence-corrected chi connectivity index (χ0v) is 10.3. The van der Waals surface area contributed by atoms with Gasteiger partial charge in [-0.1, -0.05) is 0 Å². The molecule has 3 rings (SSSR count). The number of hydrogen-bond acceptors (Lipinski definition) is 4. The number of aromatic nitrogens is 2. The molecule has 1 amide bonds. The van der Waals surface area contributed by atoms with E-state index in [9.17, 15) is 4.79 Å². The summed E-state index contributed by atoms with van der Waals surface area (Å²) in [7, 11) is 0. The summed E-state index contributed by atoms with van der Waals surface area (Å²) >= 11 is 0. The van der Waals surface area contributed by atoms with Gasteiger partial charge in [0.15, 0.2) is 0 Å². The van der Waals surface area contributed by atoms with E-state index < -0.39 is 0 Å². The average Bonchev–Trinajstić information content (AvgIpc) is 3.26. The number of nitrogens with zero attached hydrogens (tertiary/aromatic N) is 2. The van der Waals surface area contributed by atoms with Crippen molar-refractivity contribution in [2.75, 3.05) is 10.6 Å². The average molecular weight is 254 g/mol. The lowest BCUT2D eigenvalue weighted by Crippen LogP contribution is -2.13. The third-order valence-corrected chi connectivity index (χ3v) is 2.88. The van der Waals surface area contributed by atoms with Crippen LogP contribution in [0.15, 0.2) is 42.9 Å². The minimum atomic E-state index is -0.205. The first kappa shape index (κ1) is 11.6. The number of amides is 1. The molecule has 1 aliphatic carbocycles. The van der Waals surface area contributed by atoms with Crippen LogP contribution in [0.25, 0.3) is 0 Å². The Labute approximate surface area is 111 Å². The maximum Gasteiger partial charge on any atom is 0.258 e. The molecule has 0 aliphatic heterocycles. The van der Waals surface area contributed by atoms with Crippen LogP contribution in [0, 0.1) is 0 Å². The van der Waals surface area contributed by atoms with Gasteiger partial charge in [0.1, 0.15) is 5.82 Å². The van der Waals surface area contributed by atoms with Crippen LogP contribution in [0.3, 0.4) is 0 Å². The molecular weight excluding hydrogens is 240 g/mol. The number of hydrogen-bond donors (Lipinski definition) is 2. The molecule has 2 aromatic rings. The molecule has 1 aliphatic rings. The van der Waals surface area contributed by atoms with Crippen molar-refractivity contribution in [2.45, 2.75) is 18.9 Å². The number of anilines is 2. The Hall–Kier alpha value is -2.43. The Balaban J connectivity index is 1.64. The van der Waals surface area contributed by atoms with Crippen LogP contribution in [-0.4, -0.2) is 21.9 Å². The van der Waals surface area contributed by atoms with Crippen molar-refractivity contribution < 1.29 is 4.79 Å². The predicted octanol–water partition coefficient (Wildman–Crippen LogP) is 2.30. The Morgan fingerprint density at radius 1 is 1.21 bits per heavy atom. The minimum absolute atomic E-state index is 0.205. The minimum Gasteiger partial charge on any atom is -0.381 e. The van der Waals surface area contributed by atoms with Crippen LogP contribution < -0.4 is 10.6 Å². The topological polar surface area (TPSA) is 66.9 Å². The van der Waals surface area contributed by atoms with Crippen LogP contribution in [0.1, 0.15) is 23.2 Å². The van der Waals surface area contributed by atoms with Gasteiger partial charge in [0.2, 0.25) is 0 Å². The highest BCUT2D eigenvalue weighted by Gasteiger charge is 2.20. The predicted molar refractivity (Wildman–Crippen MR) is 73.1 cm³/mol. The molecule has 1 saturated carbocycles. The van der Waals surface area contributed by atoms with E-state index >= 15 is 0 Å². The highest BCUT2D eigenvalue weighted by molar-refractivity contribution is 6.03. The van der Waals surface area contributed by atoms with Crippen LogP contribution in [0.2, 0.25) is 0 Å². The summed E-state index contributed by atoms with van der Waals surface area (Å²) in [4.78, 5) is 20.0. The van der Waals surface area contributed by atoms with E-state index in [2.05, 4.69) is 20.6 Å². The third-order valence-electron chi connectivity index (χ3n) is 2.88. The lowest BCUT2D eigenvalue weighted by molar-refractivity contribution is 0.102. The quantitative estimate of drug-likeness (QED) is 0.878. The Morgan fingerprint density at radius 2 is 2.11 bits per heavy atom. The summed E-state index contributed by atoms with van der Waals surface area (Å²) in [6.07, 6.45) is 7.34. The van der Waals surface area contributed by atoms with Gasteiger partial charge in [-0.2, -0.15) is 0 Å². The molecule has 0 spiro atoms. The fourth-order valence-corrected chi connectivity index (χ4v) is 1.70. The van der Waals surface area contributed by atoms with Gasteiger partial charge in [-0.25, -0.2) is 4.98 Å². The summed E-state index contributed by atoms with van der Waals surface area (Å²) in [6.45, 7) is 0. The summed E-state index contributed by atoms with van der Waals surface area (Å²) in [6, 6.07) is 7.75. The number of carbonyl (C=O) groups excluding carboxylic acids is 1. The zero-order chi connectivity index (χ0) is 13.1. The Morgan fingerprint density at radius 3 is 2.74 bits per heavy atom. The van der Waals surface area contributed by atoms with E-state index in [0.29, 0.717) is 17.4 Å². The SMILES string of the molecule is O=C(Nc1ccc(NC2CC2)cn1)c1cccnc1. The van der Waals surface area contributed by atoms with E-state index in [0.717, 1.165) is 5.69 Å². The van der Waals surface area contributed by atoms with E-state index in [-0.39, 0.29) is 5.91 Å². The molecule has 5 heteroatoms. The second-order valence-corrected chi connectivity index (χ2v) is 4.55. The molecule has 0 aromatic carbocycles. The van der Waals surface area contributed by atoms with Crippen molar-refractivity contribution in [3.63, 3.8) is 0 Å². The normalized spacial score (nSPS) is 13.9. The molecule has 1 fully saturated rings. The largest absolute Gasteiger partial charge is 0.381 e. The fraction of sp³-hybridized carbons (Fsp3) is 0.214. The van der Waals surface area contributed by atoms with Crippen LogP contribution in [0.5, 0.6) is 0 Å². The summed E-state index contributed by atoms with van der Waals surface area (Å²) < 4.78 is 0. The second kappa shape index (κ2) is 5.06. The molecule has 0 radical (unpaired) electrons. The number of nitrogens with one attached hydrogen (secondary N) is 2. The molecule has 2 aromatic heterocycles. The molecule has 2 N–H and O–H groups in total. The molecule has 0 bridgehead atoms. The maximum atomic E-state index is 11.9. The first-order chi connectivity index (χ1) is 9.31. The van der Waals surface area contributed by atoms with Gasteiger partial charge >= 0.3 is 0 Å². The zero-order valence-electron chi connectivity index (χ0n) is 10.3.